The largest absolute Gasteiger partial charge is 0.207 e. The van der Waals surface area contributed by atoms with Crippen LogP contribution in [-0.2, 0) is 0 Å². The van der Waals surface area contributed by atoms with Crippen LogP contribution < -0.4 is 0 Å². The minimum Gasteiger partial charge on any atom is -0.207 e. The van der Waals surface area contributed by atoms with Gasteiger partial charge >= 0.3 is 0 Å². The molecule has 0 saturated carbocycles. The van der Waals surface area contributed by atoms with Crippen LogP contribution >= 0.6 is 15.9 Å². The van der Waals surface area contributed by atoms with Gasteiger partial charge < -0.3 is 0 Å². The second kappa shape index (κ2) is 5.37. The van der Waals surface area contributed by atoms with Gasteiger partial charge in [0, 0.05) is 17.2 Å². The van der Waals surface area contributed by atoms with Crippen molar-refractivity contribution in [3.63, 3.8) is 0 Å². The molecule has 0 aliphatic heterocycles. The van der Waals surface area contributed by atoms with Crippen LogP contribution in [0.1, 0.15) is 27.1 Å². The molecule has 0 aliphatic rings. The Morgan fingerprint density at radius 2 is 1.47 bits per heavy atom. The van der Waals surface area contributed by atoms with Crippen LogP contribution in [0.5, 0.6) is 0 Å². The Labute approximate surface area is 118 Å². The minimum atomic E-state index is -0.690. The van der Waals surface area contributed by atoms with Crippen molar-refractivity contribution in [2.75, 3.05) is 0 Å². The molecule has 2 aromatic carbocycles. The topological polar surface area (TPSA) is 0 Å². The van der Waals surface area contributed by atoms with Crippen molar-refractivity contribution < 1.29 is 13.2 Å². The van der Waals surface area contributed by atoms with Gasteiger partial charge in [0.15, 0.2) is 0 Å². The normalized spacial score (nSPS) is 12.5. The van der Waals surface area contributed by atoms with Gasteiger partial charge in [-0.2, -0.15) is 0 Å². The third-order valence-electron chi connectivity index (χ3n) is 2.98. The molecule has 2 rings (SSSR count). The Bertz CT molecular complexity index is 623. The summed E-state index contributed by atoms with van der Waals surface area (Å²) in [5.74, 6) is -1.71. The highest BCUT2D eigenvalue weighted by Gasteiger charge is 2.19. The van der Waals surface area contributed by atoms with Crippen LogP contribution in [0.25, 0.3) is 0 Å². The summed E-state index contributed by atoms with van der Waals surface area (Å²) in [5.41, 5.74) is 1.67. The average molecular weight is 329 g/mol. The van der Waals surface area contributed by atoms with E-state index in [1.807, 2.05) is 0 Å². The highest BCUT2D eigenvalue weighted by Crippen LogP contribution is 2.35. The molecule has 0 bridgehead atoms. The zero-order chi connectivity index (χ0) is 14.2. The lowest BCUT2D eigenvalue weighted by Crippen LogP contribution is -2.02. The Hall–Kier alpha value is -1.29. The predicted octanol–water partition coefficient (Wildman–Crippen LogP) is 5.21. The van der Waals surface area contributed by atoms with Crippen molar-refractivity contribution in [2.45, 2.75) is 18.7 Å². The quantitative estimate of drug-likeness (QED) is 0.664. The maximum Gasteiger partial charge on any atom is 0.130 e. The number of alkyl halides is 1. The van der Waals surface area contributed by atoms with Crippen molar-refractivity contribution in [3.8, 4) is 0 Å². The third-order valence-corrected chi connectivity index (χ3v) is 3.97. The van der Waals surface area contributed by atoms with Crippen molar-refractivity contribution in [2.24, 2.45) is 0 Å². The molecule has 100 valence electrons. The fraction of sp³-hybridized carbons (Fsp3) is 0.200. The molecular formula is C15H12BrF3. The lowest BCUT2D eigenvalue weighted by atomic mass is 10.0. The summed E-state index contributed by atoms with van der Waals surface area (Å²) < 4.78 is 40.9. The zero-order valence-electron chi connectivity index (χ0n) is 10.5. The molecule has 0 aromatic heterocycles. The van der Waals surface area contributed by atoms with Crippen LogP contribution in [0.3, 0.4) is 0 Å². The van der Waals surface area contributed by atoms with Gasteiger partial charge in [-0.25, -0.2) is 13.2 Å². The van der Waals surface area contributed by atoms with E-state index in [0.29, 0.717) is 11.1 Å². The fourth-order valence-electron chi connectivity index (χ4n) is 1.88. The number of hydrogen-bond donors (Lipinski definition) is 0. The summed E-state index contributed by atoms with van der Waals surface area (Å²) in [6, 6.07) is 6.95. The SMILES string of the molecule is Cc1ccc(C(Br)c2cc(C)c(F)cc2F)c(F)c1. The summed E-state index contributed by atoms with van der Waals surface area (Å²) in [7, 11) is 0. The molecular weight excluding hydrogens is 317 g/mol. The Morgan fingerprint density at radius 3 is 2.11 bits per heavy atom. The Balaban J connectivity index is 2.49. The van der Waals surface area contributed by atoms with Crippen LogP contribution in [0.2, 0.25) is 0 Å². The molecule has 2 aromatic rings. The van der Waals surface area contributed by atoms with Gasteiger partial charge in [-0.1, -0.05) is 28.1 Å². The summed E-state index contributed by atoms with van der Waals surface area (Å²) in [4.78, 5) is -0.646. The first-order valence-electron chi connectivity index (χ1n) is 5.76. The molecule has 0 radical (unpaired) electrons. The summed E-state index contributed by atoms with van der Waals surface area (Å²) in [6.45, 7) is 3.32. The predicted molar refractivity (Wildman–Crippen MR) is 73.0 cm³/mol. The second-order valence-electron chi connectivity index (χ2n) is 4.51. The Morgan fingerprint density at radius 1 is 0.842 bits per heavy atom. The molecule has 4 heteroatoms. The van der Waals surface area contributed by atoms with Crippen molar-refractivity contribution in [1.29, 1.82) is 0 Å². The number of halogens is 4. The lowest BCUT2D eigenvalue weighted by molar-refractivity contribution is 0.566. The smallest absolute Gasteiger partial charge is 0.130 e. The molecule has 19 heavy (non-hydrogen) atoms. The number of hydrogen-bond acceptors (Lipinski definition) is 0. The van der Waals surface area contributed by atoms with Gasteiger partial charge in [-0.15, -0.1) is 0 Å². The first-order chi connectivity index (χ1) is 8.90. The first kappa shape index (κ1) is 14.1. The van der Waals surface area contributed by atoms with Gasteiger partial charge in [0.2, 0.25) is 0 Å². The highest BCUT2D eigenvalue weighted by molar-refractivity contribution is 9.09. The van der Waals surface area contributed by atoms with Gasteiger partial charge in [0.25, 0.3) is 0 Å². The molecule has 1 atom stereocenters. The molecule has 0 amide bonds. The Kier molecular flexibility index (Phi) is 3.99. The van der Waals surface area contributed by atoms with E-state index >= 15 is 0 Å². The van der Waals surface area contributed by atoms with Crippen molar-refractivity contribution in [1.82, 2.24) is 0 Å². The summed E-state index contributed by atoms with van der Waals surface area (Å²) in [6.07, 6.45) is 0. The van der Waals surface area contributed by atoms with Crippen LogP contribution in [0.15, 0.2) is 30.3 Å². The van der Waals surface area contributed by atoms with Crippen LogP contribution in [0.4, 0.5) is 13.2 Å². The fourth-order valence-corrected chi connectivity index (χ4v) is 2.60. The number of rotatable bonds is 2. The van der Waals surface area contributed by atoms with Gasteiger partial charge in [-0.05, 0) is 37.1 Å². The first-order valence-corrected chi connectivity index (χ1v) is 6.67. The van der Waals surface area contributed by atoms with E-state index in [1.165, 1.54) is 12.1 Å². The van der Waals surface area contributed by atoms with Gasteiger partial charge in [0.05, 0.1) is 4.83 Å². The molecule has 0 fully saturated rings. The second-order valence-corrected chi connectivity index (χ2v) is 5.43. The third kappa shape index (κ3) is 2.84. The highest BCUT2D eigenvalue weighted by atomic mass is 79.9. The van der Waals surface area contributed by atoms with Crippen molar-refractivity contribution >= 4 is 15.9 Å². The van der Waals surface area contributed by atoms with E-state index in [2.05, 4.69) is 15.9 Å². The van der Waals surface area contributed by atoms with Gasteiger partial charge in [-0.3, -0.25) is 0 Å². The van der Waals surface area contributed by atoms with Crippen LogP contribution in [-0.4, -0.2) is 0 Å². The molecule has 0 heterocycles. The molecule has 0 saturated heterocycles. The summed E-state index contributed by atoms with van der Waals surface area (Å²) >= 11 is 3.28. The van der Waals surface area contributed by atoms with Gasteiger partial charge in [0.1, 0.15) is 17.5 Å². The van der Waals surface area contributed by atoms with E-state index < -0.39 is 22.3 Å². The average Bonchev–Trinajstić information content (AvgIpc) is 2.33. The monoisotopic (exact) mass is 328 g/mol. The van der Waals surface area contributed by atoms with E-state index in [0.717, 1.165) is 11.6 Å². The standard InChI is InChI=1S/C15H12BrF3/c1-8-3-4-10(13(18)5-8)15(16)11-6-9(2)12(17)7-14(11)19/h3-7,15H,1-2H3. The number of benzene rings is 2. The zero-order valence-corrected chi connectivity index (χ0v) is 12.1. The van der Waals surface area contributed by atoms with Crippen molar-refractivity contribution in [3.05, 3.63) is 70.0 Å². The lowest BCUT2D eigenvalue weighted by Gasteiger charge is -2.14. The molecule has 1 unspecified atom stereocenters. The minimum absolute atomic E-state index is 0.224. The van der Waals surface area contributed by atoms with E-state index in [4.69, 9.17) is 0 Å². The van der Waals surface area contributed by atoms with E-state index in [1.54, 1.807) is 26.0 Å². The molecule has 0 aliphatic carbocycles. The maximum absolute atomic E-state index is 13.9. The molecule has 0 nitrogen and oxygen atoms in total. The maximum atomic E-state index is 13.9. The molecule has 0 spiro atoms. The summed E-state index contributed by atoms with van der Waals surface area (Å²) in [5, 5.41) is 0. The van der Waals surface area contributed by atoms with E-state index in [9.17, 15) is 13.2 Å². The van der Waals surface area contributed by atoms with Crippen LogP contribution in [0, 0.1) is 31.3 Å². The molecule has 0 N–H and O–H groups in total. The number of aryl methyl sites for hydroxylation is 2. The van der Waals surface area contributed by atoms with E-state index in [-0.39, 0.29) is 5.56 Å².